The number of carboxylic acids is 1. The topological polar surface area (TPSA) is 66.4 Å². The van der Waals surface area contributed by atoms with Gasteiger partial charge in [0.2, 0.25) is 5.91 Å². The molecule has 2 atom stereocenters. The van der Waals surface area contributed by atoms with Gasteiger partial charge in [0.1, 0.15) is 0 Å². The van der Waals surface area contributed by atoms with Crippen molar-refractivity contribution in [1.82, 2.24) is 5.32 Å². The zero-order valence-electron chi connectivity index (χ0n) is 8.72. The maximum absolute atomic E-state index is 11.3. The van der Waals surface area contributed by atoms with Gasteiger partial charge >= 0.3 is 5.97 Å². The standard InChI is InChI=1S/C12H13NO3/c14-11-6-9(8-4-2-1-3-5-8)10(13-11)7-12(15)16/h1-5,9-10H,6-7H2,(H,13,14)(H,15,16). The number of rotatable bonds is 3. The third-order valence-corrected chi connectivity index (χ3v) is 2.86. The van der Waals surface area contributed by atoms with E-state index in [1.165, 1.54) is 0 Å². The summed E-state index contributed by atoms with van der Waals surface area (Å²) in [5.41, 5.74) is 1.02. The molecule has 4 heteroatoms. The Bertz CT molecular complexity index is 402. The zero-order valence-corrected chi connectivity index (χ0v) is 8.72. The third-order valence-electron chi connectivity index (χ3n) is 2.86. The monoisotopic (exact) mass is 219 g/mol. The van der Waals surface area contributed by atoms with E-state index in [9.17, 15) is 9.59 Å². The van der Waals surface area contributed by atoms with Crippen LogP contribution in [-0.2, 0) is 9.59 Å². The summed E-state index contributed by atoms with van der Waals surface area (Å²) < 4.78 is 0. The quantitative estimate of drug-likeness (QED) is 0.801. The molecule has 0 aliphatic carbocycles. The van der Waals surface area contributed by atoms with Crippen molar-refractivity contribution in [1.29, 1.82) is 0 Å². The van der Waals surface area contributed by atoms with E-state index in [1.54, 1.807) is 0 Å². The highest BCUT2D eigenvalue weighted by Gasteiger charge is 2.34. The summed E-state index contributed by atoms with van der Waals surface area (Å²) in [4.78, 5) is 22.0. The summed E-state index contributed by atoms with van der Waals surface area (Å²) in [6.07, 6.45) is 0.354. The average Bonchev–Trinajstić information content (AvgIpc) is 2.60. The van der Waals surface area contributed by atoms with Crippen LogP contribution in [0.3, 0.4) is 0 Å². The van der Waals surface area contributed by atoms with E-state index in [0.717, 1.165) is 5.56 Å². The van der Waals surface area contributed by atoms with Gasteiger partial charge in [-0.05, 0) is 5.56 Å². The second kappa shape index (κ2) is 4.35. The summed E-state index contributed by atoms with van der Waals surface area (Å²) in [7, 11) is 0. The number of hydrogen-bond acceptors (Lipinski definition) is 2. The minimum atomic E-state index is -0.881. The molecule has 1 aromatic carbocycles. The van der Waals surface area contributed by atoms with Crippen LogP contribution in [0.4, 0.5) is 0 Å². The molecule has 0 spiro atoms. The summed E-state index contributed by atoms with van der Waals surface area (Å²) in [6, 6.07) is 9.28. The minimum absolute atomic E-state index is 0.0225. The summed E-state index contributed by atoms with van der Waals surface area (Å²) in [5, 5.41) is 11.5. The molecule has 0 saturated carbocycles. The second-order valence-electron chi connectivity index (χ2n) is 3.99. The first-order valence-corrected chi connectivity index (χ1v) is 5.23. The smallest absolute Gasteiger partial charge is 0.305 e. The molecule has 4 nitrogen and oxygen atoms in total. The summed E-state index contributed by atoms with van der Waals surface area (Å²) in [5.74, 6) is -0.974. The molecule has 1 aromatic rings. The Morgan fingerprint density at radius 2 is 2.06 bits per heavy atom. The lowest BCUT2D eigenvalue weighted by Crippen LogP contribution is -2.30. The van der Waals surface area contributed by atoms with Gasteiger partial charge in [0.15, 0.2) is 0 Å². The Morgan fingerprint density at radius 3 is 2.69 bits per heavy atom. The maximum Gasteiger partial charge on any atom is 0.305 e. The fourth-order valence-electron chi connectivity index (χ4n) is 2.14. The molecule has 2 unspecified atom stereocenters. The molecule has 1 aliphatic rings. The maximum atomic E-state index is 11.3. The number of carboxylic acid groups (broad SMARTS) is 1. The van der Waals surface area contributed by atoms with Crippen LogP contribution < -0.4 is 5.32 Å². The predicted octanol–water partition coefficient (Wildman–Crippen LogP) is 1.13. The molecule has 1 heterocycles. The Balaban J connectivity index is 2.19. The summed E-state index contributed by atoms with van der Waals surface area (Å²) >= 11 is 0. The number of aliphatic carboxylic acids is 1. The van der Waals surface area contributed by atoms with Gasteiger partial charge in [-0.1, -0.05) is 30.3 Å². The van der Waals surface area contributed by atoms with Gasteiger partial charge in [0.05, 0.1) is 6.42 Å². The van der Waals surface area contributed by atoms with Crippen LogP contribution in [0.15, 0.2) is 30.3 Å². The van der Waals surface area contributed by atoms with Crippen molar-refractivity contribution in [3.8, 4) is 0 Å². The largest absolute Gasteiger partial charge is 0.481 e. The van der Waals surface area contributed by atoms with Crippen molar-refractivity contribution in [3.05, 3.63) is 35.9 Å². The SMILES string of the molecule is O=C(O)CC1NC(=O)CC1c1ccccc1. The lowest BCUT2D eigenvalue weighted by Gasteiger charge is -2.16. The van der Waals surface area contributed by atoms with Crippen LogP contribution in [0.2, 0.25) is 0 Å². The van der Waals surface area contributed by atoms with Crippen LogP contribution in [0.5, 0.6) is 0 Å². The number of hydrogen-bond donors (Lipinski definition) is 2. The van der Waals surface area contributed by atoms with Gasteiger partial charge in [-0.2, -0.15) is 0 Å². The van der Waals surface area contributed by atoms with Gasteiger partial charge in [0, 0.05) is 18.4 Å². The lowest BCUT2D eigenvalue weighted by molar-refractivity contribution is -0.137. The number of benzene rings is 1. The van der Waals surface area contributed by atoms with E-state index < -0.39 is 5.97 Å². The first kappa shape index (κ1) is 10.7. The minimum Gasteiger partial charge on any atom is -0.481 e. The number of carbonyl (C=O) groups is 2. The first-order valence-electron chi connectivity index (χ1n) is 5.23. The molecule has 1 amide bonds. The molecule has 1 saturated heterocycles. The van der Waals surface area contributed by atoms with E-state index in [0.29, 0.717) is 6.42 Å². The van der Waals surface area contributed by atoms with Crippen LogP contribution in [0.25, 0.3) is 0 Å². The van der Waals surface area contributed by atoms with Gasteiger partial charge in [-0.3, -0.25) is 9.59 Å². The molecule has 2 rings (SSSR count). The number of carbonyl (C=O) groups excluding carboxylic acids is 1. The zero-order chi connectivity index (χ0) is 11.5. The second-order valence-corrected chi connectivity index (χ2v) is 3.99. The first-order chi connectivity index (χ1) is 7.66. The molecular weight excluding hydrogens is 206 g/mol. The Kier molecular flexibility index (Phi) is 2.90. The molecular formula is C12H13NO3. The average molecular weight is 219 g/mol. The molecule has 1 aliphatic heterocycles. The molecule has 16 heavy (non-hydrogen) atoms. The fraction of sp³-hybridized carbons (Fsp3) is 0.333. The normalized spacial score (nSPS) is 24.1. The highest BCUT2D eigenvalue weighted by molar-refractivity contribution is 5.81. The Morgan fingerprint density at radius 1 is 1.38 bits per heavy atom. The van der Waals surface area contributed by atoms with E-state index in [2.05, 4.69) is 5.32 Å². The van der Waals surface area contributed by atoms with Crippen LogP contribution in [0, 0.1) is 0 Å². The van der Waals surface area contributed by atoms with Crippen molar-refractivity contribution in [2.75, 3.05) is 0 Å². The van der Waals surface area contributed by atoms with Crippen LogP contribution in [0.1, 0.15) is 24.3 Å². The molecule has 0 bridgehead atoms. The predicted molar refractivity (Wildman–Crippen MR) is 58.0 cm³/mol. The highest BCUT2D eigenvalue weighted by atomic mass is 16.4. The van der Waals surface area contributed by atoms with Crippen molar-refractivity contribution < 1.29 is 14.7 Å². The highest BCUT2D eigenvalue weighted by Crippen LogP contribution is 2.29. The van der Waals surface area contributed by atoms with E-state index >= 15 is 0 Å². The van der Waals surface area contributed by atoms with Crippen molar-refractivity contribution in [2.45, 2.75) is 24.8 Å². The van der Waals surface area contributed by atoms with Gasteiger partial charge in [-0.15, -0.1) is 0 Å². The molecule has 2 N–H and O–H groups in total. The summed E-state index contributed by atoms with van der Waals surface area (Å²) in [6.45, 7) is 0. The van der Waals surface area contributed by atoms with Crippen molar-refractivity contribution >= 4 is 11.9 Å². The number of nitrogens with one attached hydrogen (secondary N) is 1. The van der Waals surface area contributed by atoms with Crippen LogP contribution in [-0.4, -0.2) is 23.0 Å². The third kappa shape index (κ3) is 2.21. The number of amides is 1. The Hall–Kier alpha value is -1.84. The lowest BCUT2D eigenvalue weighted by atomic mass is 9.90. The van der Waals surface area contributed by atoms with E-state index in [-0.39, 0.29) is 24.3 Å². The van der Waals surface area contributed by atoms with Crippen molar-refractivity contribution in [2.24, 2.45) is 0 Å². The molecule has 0 radical (unpaired) electrons. The fourth-order valence-corrected chi connectivity index (χ4v) is 2.14. The Labute approximate surface area is 93.3 Å². The van der Waals surface area contributed by atoms with Gasteiger partial charge < -0.3 is 10.4 Å². The van der Waals surface area contributed by atoms with E-state index in [4.69, 9.17) is 5.11 Å². The molecule has 84 valence electrons. The van der Waals surface area contributed by atoms with Crippen LogP contribution >= 0.6 is 0 Å². The molecule has 1 fully saturated rings. The van der Waals surface area contributed by atoms with Gasteiger partial charge in [-0.25, -0.2) is 0 Å². The molecule has 0 aromatic heterocycles. The van der Waals surface area contributed by atoms with Gasteiger partial charge in [0.25, 0.3) is 0 Å². The van der Waals surface area contributed by atoms with E-state index in [1.807, 2.05) is 30.3 Å². The van der Waals surface area contributed by atoms with Crippen molar-refractivity contribution in [3.63, 3.8) is 0 Å².